The lowest BCUT2D eigenvalue weighted by Crippen LogP contribution is -2.43. The van der Waals surface area contributed by atoms with Crippen LogP contribution in [0.1, 0.15) is 19.8 Å². The minimum atomic E-state index is 0.550. The van der Waals surface area contributed by atoms with Crippen molar-refractivity contribution in [1.29, 1.82) is 0 Å². The van der Waals surface area contributed by atoms with Crippen LogP contribution in [0.3, 0.4) is 0 Å². The van der Waals surface area contributed by atoms with Crippen LogP contribution in [0.2, 0.25) is 0 Å². The van der Waals surface area contributed by atoms with Crippen molar-refractivity contribution in [3.05, 3.63) is 34.9 Å². The van der Waals surface area contributed by atoms with Crippen LogP contribution in [0.5, 0.6) is 0 Å². The van der Waals surface area contributed by atoms with Crippen LogP contribution in [0.25, 0.3) is 10.8 Å². The van der Waals surface area contributed by atoms with Gasteiger partial charge in [-0.3, -0.25) is 0 Å². The molecule has 0 aliphatic carbocycles. The average molecular weight is 348 g/mol. The zero-order valence-electron chi connectivity index (χ0n) is 12.6. The zero-order chi connectivity index (χ0) is 14.8. The van der Waals surface area contributed by atoms with Gasteiger partial charge < -0.3 is 10.2 Å². The Labute approximate surface area is 134 Å². The molecule has 1 saturated heterocycles. The smallest absolute Gasteiger partial charge is 0.136 e. The standard InChI is InChI=1S/C17H22BrN3/c1-12(19-2)13-5-4-10-21(11-13)17-15-6-3-7-16(18)14(15)8-9-20-17/h3,6-9,12-13,19H,4-5,10-11H2,1-2H3. The van der Waals surface area contributed by atoms with Crippen molar-refractivity contribution >= 4 is 32.5 Å². The fourth-order valence-electron chi connectivity index (χ4n) is 3.25. The van der Waals surface area contributed by atoms with Crippen LogP contribution in [0.4, 0.5) is 5.82 Å². The maximum absolute atomic E-state index is 4.68. The lowest BCUT2D eigenvalue weighted by atomic mass is 9.91. The lowest BCUT2D eigenvalue weighted by molar-refractivity contribution is 0.332. The minimum Gasteiger partial charge on any atom is -0.356 e. The molecule has 4 heteroatoms. The molecule has 0 bridgehead atoms. The number of halogens is 1. The van der Waals surface area contributed by atoms with Crippen molar-refractivity contribution < 1.29 is 0 Å². The van der Waals surface area contributed by atoms with Gasteiger partial charge >= 0.3 is 0 Å². The number of piperidine rings is 1. The SMILES string of the molecule is CNC(C)C1CCCN(c2nccc3c(Br)cccc23)C1. The largest absolute Gasteiger partial charge is 0.356 e. The Bertz CT molecular complexity index is 628. The molecule has 1 N–H and O–H groups in total. The van der Waals surface area contributed by atoms with Crippen molar-refractivity contribution in [1.82, 2.24) is 10.3 Å². The molecule has 2 aromatic rings. The summed E-state index contributed by atoms with van der Waals surface area (Å²) in [5.41, 5.74) is 0. The number of nitrogens with one attached hydrogen (secondary N) is 1. The fraction of sp³-hybridized carbons (Fsp3) is 0.471. The zero-order valence-corrected chi connectivity index (χ0v) is 14.2. The second-order valence-electron chi connectivity index (χ2n) is 5.90. The number of hydrogen-bond donors (Lipinski definition) is 1. The Hall–Kier alpha value is -1.13. The summed E-state index contributed by atoms with van der Waals surface area (Å²) in [5, 5.41) is 5.88. The molecule has 2 atom stereocenters. The van der Waals surface area contributed by atoms with Crippen molar-refractivity contribution in [2.24, 2.45) is 5.92 Å². The molecule has 1 aromatic carbocycles. The molecule has 1 aliphatic rings. The molecular formula is C17H22BrN3. The van der Waals surface area contributed by atoms with Gasteiger partial charge in [-0.2, -0.15) is 0 Å². The van der Waals surface area contributed by atoms with Crippen LogP contribution >= 0.6 is 15.9 Å². The maximum atomic E-state index is 4.68. The molecule has 2 unspecified atom stereocenters. The number of benzene rings is 1. The molecule has 1 fully saturated rings. The third-order valence-corrected chi connectivity index (χ3v) is 5.34. The quantitative estimate of drug-likeness (QED) is 0.914. The molecule has 3 nitrogen and oxygen atoms in total. The van der Waals surface area contributed by atoms with Crippen molar-refractivity contribution in [2.45, 2.75) is 25.8 Å². The highest BCUT2D eigenvalue weighted by Crippen LogP contribution is 2.32. The Morgan fingerprint density at radius 3 is 3.00 bits per heavy atom. The number of aromatic nitrogens is 1. The summed E-state index contributed by atoms with van der Waals surface area (Å²) in [5.74, 6) is 1.81. The van der Waals surface area contributed by atoms with E-state index in [1.165, 1.54) is 23.6 Å². The van der Waals surface area contributed by atoms with Gasteiger partial charge in [-0.05, 0) is 44.9 Å². The van der Waals surface area contributed by atoms with Crippen LogP contribution in [-0.4, -0.2) is 31.2 Å². The van der Waals surface area contributed by atoms with Gasteiger partial charge in [0.15, 0.2) is 0 Å². The monoisotopic (exact) mass is 347 g/mol. The van der Waals surface area contributed by atoms with Gasteiger partial charge in [0.25, 0.3) is 0 Å². The summed E-state index contributed by atoms with van der Waals surface area (Å²) in [6.45, 7) is 4.47. The topological polar surface area (TPSA) is 28.2 Å². The first-order valence-corrected chi connectivity index (χ1v) is 8.45. The van der Waals surface area contributed by atoms with E-state index in [1.54, 1.807) is 0 Å². The summed E-state index contributed by atoms with van der Waals surface area (Å²) in [4.78, 5) is 7.13. The van der Waals surface area contributed by atoms with Gasteiger partial charge in [0, 0.05) is 40.6 Å². The molecule has 21 heavy (non-hydrogen) atoms. The first-order chi connectivity index (χ1) is 10.2. The number of anilines is 1. The van der Waals surface area contributed by atoms with E-state index in [2.05, 4.69) is 69.4 Å². The normalized spacial score (nSPS) is 20.7. The third kappa shape index (κ3) is 2.92. The molecule has 0 amide bonds. The van der Waals surface area contributed by atoms with Crippen molar-refractivity contribution in [3.63, 3.8) is 0 Å². The third-order valence-electron chi connectivity index (χ3n) is 4.65. The average Bonchev–Trinajstić information content (AvgIpc) is 2.54. The van der Waals surface area contributed by atoms with Crippen LogP contribution in [0.15, 0.2) is 34.9 Å². The van der Waals surface area contributed by atoms with E-state index in [4.69, 9.17) is 0 Å². The highest BCUT2D eigenvalue weighted by atomic mass is 79.9. The fourth-order valence-corrected chi connectivity index (χ4v) is 3.75. The van der Waals surface area contributed by atoms with Crippen LogP contribution in [-0.2, 0) is 0 Å². The highest BCUT2D eigenvalue weighted by molar-refractivity contribution is 9.10. The maximum Gasteiger partial charge on any atom is 0.136 e. The summed E-state index contributed by atoms with van der Waals surface area (Å²) >= 11 is 3.65. The van der Waals surface area contributed by atoms with E-state index in [0.29, 0.717) is 12.0 Å². The second kappa shape index (κ2) is 6.32. The number of rotatable bonds is 3. The number of nitrogens with zero attached hydrogens (tertiary/aromatic N) is 2. The lowest BCUT2D eigenvalue weighted by Gasteiger charge is -2.36. The van der Waals surface area contributed by atoms with Crippen molar-refractivity contribution in [2.75, 3.05) is 25.0 Å². The van der Waals surface area contributed by atoms with E-state index >= 15 is 0 Å². The summed E-state index contributed by atoms with van der Waals surface area (Å²) in [6.07, 6.45) is 4.46. The molecule has 0 saturated carbocycles. The number of fused-ring (bicyclic) bond motifs is 1. The molecule has 2 heterocycles. The second-order valence-corrected chi connectivity index (χ2v) is 6.75. The van der Waals surface area contributed by atoms with Crippen LogP contribution in [0, 0.1) is 5.92 Å². The van der Waals surface area contributed by atoms with Crippen LogP contribution < -0.4 is 10.2 Å². The summed E-state index contributed by atoms with van der Waals surface area (Å²) < 4.78 is 1.14. The summed E-state index contributed by atoms with van der Waals surface area (Å²) in [7, 11) is 2.05. The van der Waals surface area contributed by atoms with Gasteiger partial charge in [0.05, 0.1) is 0 Å². The molecule has 1 aromatic heterocycles. The van der Waals surface area contributed by atoms with Gasteiger partial charge in [-0.15, -0.1) is 0 Å². The molecule has 3 rings (SSSR count). The number of pyridine rings is 1. The molecule has 112 valence electrons. The Morgan fingerprint density at radius 2 is 2.19 bits per heavy atom. The van der Waals surface area contributed by atoms with Gasteiger partial charge in [-0.1, -0.05) is 28.1 Å². The Kier molecular flexibility index (Phi) is 4.45. The van der Waals surface area contributed by atoms with Gasteiger partial charge in [0.1, 0.15) is 5.82 Å². The Morgan fingerprint density at radius 1 is 1.33 bits per heavy atom. The van der Waals surface area contributed by atoms with Gasteiger partial charge in [0.2, 0.25) is 0 Å². The van der Waals surface area contributed by atoms with Gasteiger partial charge in [-0.25, -0.2) is 4.98 Å². The summed E-state index contributed by atoms with van der Waals surface area (Å²) in [6, 6.07) is 8.99. The Balaban J connectivity index is 1.95. The highest BCUT2D eigenvalue weighted by Gasteiger charge is 2.25. The first kappa shape index (κ1) is 14.8. The van der Waals surface area contributed by atoms with E-state index in [1.807, 2.05) is 6.20 Å². The molecule has 0 spiro atoms. The van der Waals surface area contributed by atoms with E-state index < -0.39 is 0 Å². The van der Waals surface area contributed by atoms with E-state index in [0.717, 1.165) is 23.4 Å². The predicted octanol–water partition coefficient (Wildman–Crippen LogP) is 3.82. The minimum absolute atomic E-state index is 0.550. The molecular weight excluding hydrogens is 326 g/mol. The first-order valence-electron chi connectivity index (χ1n) is 7.66. The van der Waals surface area contributed by atoms with E-state index in [-0.39, 0.29) is 0 Å². The van der Waals surface area contributed by atoms with Crippen molar-refractivity contribution in [3.8, 4) is 0 Å². The molecule has 0 radical (unpaired) electrons. The molecule has 1 aliphatic heterocycles. The predicted molar refractivity (Wildman–Crippen MR) is 92.9 cm³/mol. The van der Waals surface area contributed by atoms with E-state index in [9.17, 15) is 0 Å². The number of hydrogen-bond acceptors (Lipinski definition) is 3.